The molecule has 0 aliphatic carbocycles. The summed E-state index contributed by atoms with van der Waals surface area (Å²) < 4.78 is 28.0. The Balaban J connectivity index is 1.95. The van der Waals surface area contributed by atoms with Crippen LogP contribution < -0.4 is 8.43 Å². The second kappa shape index (κ2) is 9.08. The van der Waals surface area contributed by atoms with E-state index in [1.807, 2.05) is 30.3 Å². The molecule has 0 spiro atoms. The highest BCUT2D eigenvalue weighted by molar-refractivity contribution is 8.13. The first kappa shape index (κ1) is 18.8. The molecule has 2 aromatic rings. The summed E-state index contributed by atoms with van der Waals surface area (Å²) in [6, 6.07) is 16.5. The molecule has 0 fully saturated rings. The Kier molecular flexibility index (Phi) is 7.11. The van der Waals surface area contributed by atoms with Gasteiger partial charge >= 0.3 is 0 Å². The zero-order valence-electron chi connectivity index (χ0n) is 13.1. The van der Waals surface area contributed by atoms with Gasteiger partial charge in [0.15, 0.2) is 0 Å². The van der Waals surface area contributed by atoms with Crippen LogP contribution in [0.15, 0.2) is 59.6 Å². The number of rotatable bonds is 8. The molecule has 0 atom stereocenters. The summed E-state index contributed by atoms with van der Waals surface area (Å²) in [5.41, 5.74) is 2.34. The first-order valence-corrected chi connectivity index (χ1v) is 10.3. The number of nitrogens with one attached hydrogen (secondary N) is 1. The van der Waals surface area contributed by atoms with Crippen molar-refractivity contribution in [2.45, 2.75) is 5.88 Å². The Hall–Kier alpha value is -1.54. The molecule has 1 N–H and O–H groups in total. The highest BCUT2D eigenvalue weighted by atomic mass is 35.5. The topological polar surface area (TPSA) is 61.8 Å². The van der Waals surface area contributed by atoms with Gasteiger partial charge in [0.2, 0.25) is 10.0 Å². The maximum absolute atomic E-state index is 11.9. The van der Waals surface area contributed by atoms with Crippen molar-refractivity contribution in [3.63, 3.8) is 0 Å². The number of sulfonamides is 1. The zero-order valence-corrected chi connectivity index (χ0v) is 15.5. The van der Waals surface area contributed by atoms with Gasteiger partial charge in [-0.2, -0.15) is 3.71 Å². The first-order valence-electron chi connectivity index (χ1n) is 7.14. The first-order chi connectivity index (χ1) is 11.5. The van der Waals surface area contributed by atoms with E-state index >= 15 is 0 Å². The maximum atomic E-state index is 11.9. The second-order valence-electron chi connectivity index (χ2n) is 4.84. The van der Waals surface area contributed by atoms with Gasteiger partial charge in [0.1, 0.15) is 0 Å². The average molecular weight is 384 g/mol. The molecule has 0 aliphatic heterocycles. The lowest BCUT2D eigenvalue weighted by Gasteiger charge is -2.20. The molecule has 0 heterocycles. The summed E-state index contributed by atoms with van der Waals surface area (Å²) in [6.07, 6.45) is 2.85. The zero-order chi connectivity index (χ0) is 17.4. The number of aliphatic imine (C=N–C) groups is 1. The summed E-state index contributed by atoms with van der Waals surface area (Å²) >= 11 is 6.87. The molecule has 0 saturated heterocycles. The fourth-order valence-electron chi connectivity index (χ4n) is 1.89. The van der Waals surface area contributed by atoms with Gasteiger partial charge in [-0.05, 0) is 23.8 Å². The van der Waals surface area contributed by atoms with Crippen LogP contribution in [0.2, 0.25) is 0 Å². The number of nitrogens with zero attached hydrogens (tertiary/aromatic N) is 2. The number of hydrogen-bond donors (Lipinski definition) is 1. The van der Waals surface area contributed by atoms with Crippen molar-refractivity contribution in [2.24, 2.45) is 4.99 Å². The van der Waals surface area contributed by atoms with E-state index in [4.69, 9.17) is 11.6 Å². The van der Waals surface area contributed by atoms with E-state index in [9.17, 15) is 8.42 Å². The monoisotopic (exact) mass is 383 g/mol. The molecule has 0 unspecified atom stereocenters. The van der Waals surface area contributed by atoms with Crippen LogP contribution in [-0.4, -0.2) is 27.4 Å². The smallest absolute Gasteiger partial charge is 0.242 e. The number of para-hydroxylation sites is 2. The molecule has 0 saturated carbocycles. The number of alkyl halides is 1. The molecule has 0 aromatic heterocycles. The van der Waals surface area contributed by atoms with Crippen molar-refractivity contribution in [3.8, 4) is 0 Å². The van der Waals surface area contributed by atoms with Crippen molar-refractivity contribution >= 4 is 51.3 Å². The van der Waals surface area contributed by atoms with Gasteiger partial charge in [-0.3, -0.25) is 4.99 Å². The lowest BCUT2D eigenvalue weighted by atomic mass is 10.2. The Morgan fingerprint density at radius 1 is 1.17 bits per heavy atom. The molecule has 0 radical (unpaired) electrons. The van der Waals surface area contributed by atoms with Gasteiger partial charge < -0.3 is 0 Å². The highest BCUT2D eigenvalue weighted by Crippen LogP contribution is 2.23. The number of benzene rings is 2. The van der Waals surface area contributed by atoms with Gasteiger partial charge in [-0.25, -0.2) is 13.1 Å². The Labute approximate surface area is 152 Å². The Morgan fingerprint density at radius 3 is 2.50 bits per heavy atom. The predicted molar refractivity (Wildman–Crippen MR) is 104 cm³/mol. The van der Waals surface area contributed by atoms with Crippen LogP contribution in [0.3, 0.4) is 0 Å². The summed E-state index contributed by atoms with van der Waals surface area (Å²) in [7, 11) is -3.40. The van der Waals surface area contributed by atoms with Crippen LogP contribution in [0.4, 0.5) is 11.4 Å². The highest BCUT2D eigenvalue weighted by Gasteiger charge is 2.17. The summed E-state index contributed by atoms with van der Waals surface area (Å²) in [5, 5.41) is 0. The maximum Gasteiger partial charge on any atom is 0.242 e. The second-order valence-corrected chi connectivity index (χ2v) is 8.01. The van der Waals surface area contributed by atoms with Crippen LogP contribution in [0.25, 0.3) is 0 Å². The van der Waals surface area contributed by atoms with E-state index in [0.29, 0.717) is 18.1 Å². The normalized spacial score (nSPS) is 11.8. The van der Waals surface area contributed by atoms with Gasteiger partial charge in [-0.15, -0.1) is 11.6 Å². The third-order valence-corrected chi connectivity index (χ3v) is 5.77. The Morgan fingerprint density at radius 2 is 1.83 bits per heavy atom. The molecule has 8 heteroatoms. The molecule has 24 heavy (non-hydrogen) atoms. The van der Waals surface area contributed by atoms with Crippen LogP contribution in [0, 0.1) is 0 Å². The lowest BCUT2D eigenvalue weighted by Crippen LogP contribution is -2.27. The van der Waals surface area contributed by atoms with E-state index in [1.54, 1.807) is 30.5 Å². The third-order valence-electron chi connectivity index (χ3n) is 2.96. The molecule has 0 aliphatic rings. The molecular weight excluding hydrogens is 366 g/mol. The van der Waals surface area contributed by atoms with Gasteiger partial charge in [0.05, 0.1) is 29.8 Å². The van der Waals surface area contributed by atoms with E-state index in [2.05, 4.69) is 9.71 Å². The summed E-state index contributed by atoms with van der Waals surface area (Å²) in [4.78, 5) is 4.36. The average Bonchev–Trinajstić information content (AvgIpc) is 2.58. The van der Waals surface area contributed by atoms with Crippen molar-refractivity contribution in [2.75, 3.05) is 16.5 Å². The van der Waals surface area contributed by atoms with E-state index in [-0.39, 0.29) is 0 Å². The number of halogens is 1. The molecule has 128 valence electrons. The molecule has 2 rings (SSSR count). The largest absolute Gasteiger partial charge is 0.260 e. The molecule has 0 amide bonds. The summed E-state index contributed by atoms with van der Waals surface area (Å²) in [6.45, 7) is 0.403. The van der Waals surface area contributed by atoms with Gasteiger partial charge in [0, 0.05) is 18.6 Å². The third kappa shape index (κ3) is 5.52. The molecular formula is C16H18ClN3O2S2. The fourth-order valence-corrected chi connectivity index (χ4v) is 3.81. The van der Waals surface area contributed by atoms with E-state index in [0.717, 1.165) is 23.4 Å². The minimum atomic E-state index is -3.40. The van der Waals surface area contributed by atoms with Gasteiger partial charge in [-0.1, -0.05) is 36.4 Å². The standard InChI is InChI=1S/C16H18ClN3O2S2/c1-24(21,22)20(15-8-3-2-4-9-15)23-19-12-11-18-16-10-6-5-7-14(16)13-17/h2-11,19H,12-13H2,1H3. The lowest BCUT2D eigenvalue weighted by molar-refractivity contribution is 0.604. The molecule has 0 bridgehead atoms. The van der Waals surface area contributed by atoms with Crippen LogP contribution in [0.1, 0.15) is 5.56 Å². The number of hydrogen-bond acceptors (Lipinski definition) is 5. The van der Waals surface area contributed by atoms with Crippen LogP contribution in [-0.2, 0) is 15.9 Å². The quantitative estimate of drug-likeness (QED) is 0.326. The van der Waals surface area contributed by atoms with Crippen LogP contribution in [0.5, 0.6) is 0 Å². The van der Waals surface area contributed by atoms with Crippen molar-refractivity contribution in [1.29, 1.82) is 0 Å². The molecule has 2 aromatic carbocycles. The van der Waals surface area contributed by atoms with E-state index < -0.39 is 10.0 Å². The van der Waals surface area contributed by atoms with Crippen molar-refractivity contribution in [1.82, 2.24) is 4.72 Å². The Bertz CT molecular complexity index is 783. The van der Waals surface area contributed by atoms with E-state index in [1.165, 1.54) is 9.97 Å². The fraction of sp³-hybridized carbons (Fsp3) is 0.188. The minimum Gasteiger partial charge on any atom is -0.260 e. The predicted octanol–water partition coefficient (Wildman–Crippen LogP) is 3.75. The van der Waals surface area contributed by atoms with Crippen molar-refractivity contribution < 1.29 is 8.42 Å². The summed E-state index contributed by atoms with van der Waals surface area (Å²) in [5.74, 6) is 0.394. The number of anilines is 1. The SMILES string of the molecule is CS(=O)(=O)N(SNCC=Nc1ccccc1CCl)c1ccccc1. The minimum absolute atomic E-state index is 0.394. The molecule has 5 nitrogen and oxygen atoms in total. The van der Waals surface area contributed by atoms with Gasteiger partial charge in [0.25, 0.3) is 0 Å². The van der Waals surface area contributed by atoms with Crippen molar-refractivity contribution in [3.05, 3.63) is 60.2 Å². The van der Waals surface area contributed by atoms with Crippen LogP contribution >= 0.6 is 23.7 Å².